The Hall–Kier alpha value is -2.48. The van der Waals surface area contributed by atoms with Gasteiger partial charge in [-0.3, -0.25) is 4.79 Å². The summed E-state index contributed by atoms with van der Waals surface area (Å²) in [4.78, 5) is 16.5. The quantitative estimate of drug-likeness (QED) is 0.721. The van der Waals surface area contributed by atoms with Crippen LogP contribution >= 0.6 is 11.3 Å². The lowest BCUT2D eigenvalue weighted by molar-refractivity contribution is 0.0951. The van der Waals surface area contributed by atoms with Gasteiger partial charge in [0.2, 0.25) is 0 Å². The summed E-state index contributed by atoms with van der Waals surface area (Å²) in [5.74, 6) is 0.266. The number of nitrogens with zero attached hydrogens (tertiary/aromatic N) is 2. The van der Waals surface area contributed by atoms with Gasteiger partial charge in [0, 0.05) is 24.5 Å². The minimum absolute atomic E-state index is 0.117. The molecule has 2 aromatic heterocycles. The average Bonchev–Trinajstić information content (AvgIpc) is 3.21. The smallest absolute Gasteiger partial charge is 0.272 e. The lowest BCUT2D eigenvalue weighted by atomic mass is 10.1. The number of rotatable bonds is 6. The van der Waals surface area contributed by atoms with E-state index < -0.39 is 12.3 Å². The number of aromatic nitrogens is 2. The van der Waals surface area contributed by atoms with E-state index in [1.165, 1.54) is 11.4 Å². The Kier molecular flexibility index (Phi) is 4.98. The van der Waals surface area contributed by atoms with Crippen LogP contribution in [0.1, 0.15) is 34.1 Å². The summed E-state index contributed by atoms with van der Waals surface area (Å²) in [6.07, 6.45) is -0.876. The first kappa shape index (κ1) is 17.3. The van der Waals surface area contributed by atoms with Crippen molar-refractivity contribution in [1.29, 1.82) is 0 Å². The second-order valence-electron chi connectivity index (χ2n) is 5.42. The zero-order valence-corrected chi connectivity index (χ0v) is 14.6. The number of imidazole rings is 1. The van der Waals surface area contributed by atoms with Crippen LogP contribution in [0.25, 0.3) is 11.0 Å². The fourth-order valence-electron chi connectivity index (χ4n) is 2.63. The Bertz CT molecular complexity index is 905. The molecule has 5 nitrogen and oxygen atoms in total. The van der Waals surface area contributed by atoms with Crippen LogP contribution in [0.4, 0.5) is 8.78 Å². The third-order valence-corrected chi connectivity index (χ3v) is 4.70. The van der Waals surface area contributed by atoms with Crippen molar-refractivity contribution in [3.63, 3.8) is 0 Å². The molecular formula is C17H17F2N3O2S. The first-order valence-corrected chi connectivity index (χ1v) is 8.59. The predicted octanol–water partition coefficient (Wildman–Crippen LogP) is 3.90. The first-order chi connectivity index (χ1) is 12.0. The molecule has 0 saturated heterocycles. The van der Waals surface area contributed by atoms with Crippen molar-refractivity contribution >= 4 is 28.3 Å². The molecular weight excluding hydrogens is 348 g/mol. The molecule has 1 N–H and O–H groups in total. The number of fused-ring (bicyclic) bond motifs is 1. The highest BCUT2D eigenvalue weighted by Crippen LogP contribution is 2.28. The molecule has 0 fully saturated rings. The monoisotopic (exact) mass is 365 g/mol. The number of hydrogen-bond acceptors (Lipinski definition) is 4. The maximum atomic E-state index is 12.7. The van der Waals surface area contributed by atoms with Crippen molar-refractivity contribution in [2.45, 2.75) is 19.9 Å². The largest absolute Gasteiger partial charge is 0.493 e. The van der Waals surface area contributed by atoms with Crippen LogP contribution in [0.5, 0.6) is 5.75 Å². The van der Waals surface area contributed by atoms with Crippen LogP contribution in [0.15, 0.2) is 29.9 Å². The molecule has 0 radical (unpaired) electrons. The molecule has 0 aliphatic rings. The molecule has 3 aromatic rings. The topological polar surface area (TPSA) is 56.1 Å². The molecule has 0 spiro atoms. The van der Waals surface area contributed by atoms with E-state index >= 15 is 0 Å². The van der Waals surface area contributed by atoms with Crippen LogP contribution in [-0.2, 0) is 13.6 Å². The van der Waals surface area contributed by atoms with Crippen LogP contribution in [0, 0.1) is 0 Å². The zero-order valence-electron chi connectivity index (χ0n) is 13.8. The normalized spacial score (nSPS) is 11.2. The Labute approximate surface area is 147 Å². The predicted molar refractivity (Wildman–Crippen MR) is 92.3 cm³/mol. The van der Waals surface area contributed by atoms with Crippen molar-refractivity contribution in [2.24, 2.45) is 7.05 Å². The van der Waals surface area contributed by atoms with Crippen molar-refractivity contribution < 1.29 is 18.3 Å². The summed E-state index contributed by atoms with van der Waals surface area (Å²) in [5.41, 5.74) is 2.70. The van der Waals surface area contributed by atoms with Gasteiger partial charge in [0.25, 0.3) is 12.3 Å². The van der Waals surface area contributed by atoms with E-state index in [9.17, 15) is 13.6 Å². The second-order valence-corrected chi connectivity index (χ2v) is 6.36. The lowest BCUT2D eigenvalue weighted by Gasteiger charge is -2.13. The minimum Gasteiger partial charge on any atom is -0.493 e. The Balaban J connectivity index is 1.85. The average molecular weight is 365 g/mol. The van der Waals surface area contributed by atoms with Gasteiger partial charge in [0.15, 0.2) is 0 Å². The van der Waals surface area contributed by atoms with E-state index in [2.05, 4.69) is 10.3 Å². The number of carbonyl (C=O) groups is 1. The van der Waals surface area contributed by atoms with Gasteiger partial charge in [0.05, 0.1) is 34.4 Å². The zero-order chi connectivity index (χ0) is 18.0. The van der Waals surface area contributed by atoms with E-state index in [0.29, 0.717) is 12.4 Å². The number of carbonyl (C=O) groups excluding carboxylic acids is 1. The van der Waals surface area contributed by atoms with Crippen LogP contribution in [0.2, 0.25) is 0 Å². The van der Waals surface area contributed by atoms with Gasteiger partial charge >= 0.3 is 0 Å². The number of benzene rings is 1. The molecule has 2 heterocycles. The molecule has 1 amide bonds. The first-order valence-electron chi connectivity index (χ1n) is 7.71. The van der Waals surface area contributed by atoms with E-state index in [1.807, 2.05) is 30.7 Å². The maximum Gasteiger partial charge on any atom is 0.272 e. The SMILES string of the molecule is CCOc1ccc2ncn(C)c2c1CNC(=O)c1csc(C(F)F)c1. The molecule has 132 valence electrons. The molecule has 0 bridgehead atoms. The van der Waals surface area contributed by atoms with Gasteiger partial charge in [0.1, 0.15) is 5.75 Å². The Morgan fingerprint density at radius 1 is 1.44 bits per heavy atom. The minimum atomic E-state index is -2.57. The fraction of sp³-hybridized carbons (Fsp3) is 0.294. The van der Waals surface area contributed by atoms with Crippen molar-refractivity contribution in [2.75, 3.05) is 6.61 Å². The number of alkyl halides is 2. The molecule has 0 aliphatic heterocycles. The fourth-order valence-corrected chi connectivity index (χ4v) is 3.36. The summed E-state index contributed by atoms with van der Waals surface area (Å²) in [5, 5.41) is 4.21. The highest BCUT2D eigenvalue weighted by atomic mass is 32.1. The summed E-state index contributed by atoms with van der Waals surface area (Å²) >= 11 is 0.876. The molecule has 1 aromatic carbocycles. The molecule has 8 heteroatoms. The van der Waals surface area contributed by atoms with E-state index in [0.717, 1.165) is 27.9 Å². The van der Waals surface area contributed by atoms with Crippen LogP contribution < -0.4 is 10.1 Å². The number of ether oxygens (including phenoxy) is 1. The maximum absolute atomic E-state index is 12.7. The number of halogens is 2. The van der Waals surface area contributed by atoms with Gasteiger partial charge in [-0.2, -0.15) is 0 Å². The molecule has 3 rings (SSSR count). The van der Waals surface area contributed by atoms with E-state index in [1.54, 1.807) is 6.33 Å². The Morgan fingerprint density at radius 2 is 2.24 bits per heavy atom. The van der Waals surface area contributed by atoms with Crippen LogP contribution in [-0.4, -0.2) is 22.1 Å². The number of nitrogens with one attached hydrogen (secondary N) is 1. The van der Waals surface area contributed by atoms with Crippen molar-refractivity contribution in [1.82, 2.24) is 14.9 Å². The number of hydrogen-bond donors (Lipinski definition) is 1. The molecule has 25 heavy (non-hydrogen) atoms. The summed E-state index contributed by atoms with van der Waals surface area (Å²) < 4.78 is 32.8. The lowest BCUT2D eigenvalue weighted by Crippen LogP contribution is -2.23. The third-order valence-electron chi connectivity index (χ3n) is 3.76. The second kappa shape index (κ2) is 7.18. The van der Waals surface area contributed by atoms with Gasteiger partial charge in [-0.15, -0.1) is 11.3 Å². The van der Waals surface area contributed by atoms with Gasteiger partial charge < -0.3 is 14.6 Å². The van der Waals surface area contributed by atoms with Gasteiger partial charge in [-0.05, 0) is 25.1 Å². The number of thiophene rings is 1. The highest BCUT2D eigenvalue weighted by molar-refractivity contribution is 7.10. The van der Waals surface area contributed by atoms with Crippen molar-refractivity contribution in [3.05, 3.63) is 45.9 Å². The summed E-state index contributed by atoms with van der Waals surface area (Å²) in [7, 11) is 1.87. The number of aryl methyl sites for hydroxylation is 1. The highest BCUT2D eigenvalue weighted by Gasteiger charge is 2.17. The summed E-state index contributed by atoms with van der Waals surface area (Å²) in [6, 6.07) is 4.90. The molecule has 0 atom stereocenters. The van der Waals surface area contributed by atoms with Gasteiger partial charge in [-0.1, -0.05) is 0 Å². The number of amides is 1. The third kappa shape index (κ3) is 3.48. The molecule has 0 saturated carbocycles. The molecule has 0 aliphatic carbocycles. The standard InChI is InChI=1S/C17H17F2N3O2S/c1-3-24-13-5-4-12-15(22(2)9-21-12)11(13)7-20-17(23)10-6-14(16(18)19)25-8-10/h4-6,8-9,16H,3,7H2,1-2H3,(H,20,23). The van der Waals surface area contributed by atoms with E-state index in [4.69, 9.17) is 4.74 Å². The van der Waals surface area contributed by atoms with Crippen LogP contribution in [0.3, 0.4) is 0 Å². The summed E-state index contributed by atoms with van der Waals surface area (Å²) in [6.45, 7) is 2.59. The van der Waals surface area contributed by atoms with Crippen molar-refractivity contribution in [3.8, 4) is 5.75 Å². The van der Waals surface area contributed by atoms with E-state index in [-0.39, 0.29) is 17.0 Å². The van der Waals surface area contributed by atoms with Gasteiger partial charge in [-0.25, -0.2) is 13.8 Å². The molecule has 0 unspecified atom stereocenters. The Morgan fingerprint density at radius 3 is 2.92 bits per heavy atom.